The molecular weight excluding hydrogens is 278 g/mol. The monoisotopic (exact) mass is 303 g/mol. The van der Waals surface area contributed by atoms with E-state index in [0.29, 0.717) is 13.2 Å². The highest BCUT2D eigenvalue weighted by atomic mass is 16.5. The van der Waals surface area contributed by atoms with Crippen molar-refractivity contribution in [2.45, 2.75) is 19.5 Å². The van der Waals surface area contributed by atoms with Crippen molar-refractivity contribution in [2.24, 2.45) is 0 Å². The zero-order chi connectivity index (χ0) is 15.4. The van der Waals surface area contributed by atoms with Crippen molar-refractivity contribution in [3.05, 3.63) is 35.4 Å². The molecule has 2 aliphatic heterocycles. The van der Waals surface area contributed by atoms with Crippen LogP contribution >= 0.6 is 0 Å². The van der Waals surface area contributed by atoms with Crippen molar-refractivity contribution >= 4 is 5.91 Å². The molecule has 5 nitrogen and oxygen atoms in total. The largest absolute Gasteiger partial charge is 0.378 e. The molecule has 0 bridgehead atoms. The van der Waals surface area contributed by atoms with Gasteiger partial charge >= 0.3 is 0 Å². The van der Waals surface area contributed by atoms with Gasteiger partial charge in [-0.2, -0.15) is 0 Å². The van der Waals surface area contributed by atoms with E-state index >= 15 is 0 Å². The molecule has 2 saturated heterocycles. The molecule has 22 heavy (non-hydrogen) atoms. The molecule has 0 radical (unpaired) electrons. The topological polar surface area (TPSA) is 44.8 Å². The van der Waals surface area contributed by atoms with Crippen LogP contribution in [0.5, 0.6) is 0 Å². The molecule has 0 aliphatic carbocycles. The smallest absolute Gasteiger partial charge is 0.242 e. The van der Waals surface area contributed by atoms with E-state index in [-0.39, 0.29) is 11.9 Å². The Kier molecular flexibility index (Phi) is 5.08. The van der Waals surface area contributed by atoms with Gasteiger partial charge in [-0.3, -0.25) is 9.69 Å². The number of rotatable bonds is 3. The van der Waals surface area contributed by atoms with Crippen LogP contribution < -0.4 is 5.32 Å². The Morgan fingerprint density at radius 2 is 2.14 bits per heavy atom. The lowest BCUT2D eigenvalue weighted by Crippen LogP contribution is -2.57. The number of amides is 1. The van der Waals surface area contributed by atoms with Crippen molar-refractivity contribution < 1.29 is 9.53 Å². The number of piperazine rings is 1. The molecule has 0 aromatic heterocycles. The minimum absolute atomic E-state index is 0.155. The van der Waals surface area contributed by atoms with Crippen LogP contribution in [0.1, 0.15) is 11.1 Å². The van der Waals surface area contributed by atoms with Gasteiger partial charge in [-0.15, -0.1) is 0 Å². The van der Waals surface area contributed by atoms with E-state index in [0.717, 1.165) is 39.3 Å². The first kappa shape index (κ1) is 15.5. The number of carbonyl (C=O) groups is 1. The molecule has 1 amide bonds. The maximum atomic E-state index is 12.4. The molecule has 1 aromatic rings. The summed E-state index contributed by atoms with van der Waals surface area (Å²) in [4.78, 5) is 16.8. The SMILES string of the molecule is Cc1cccc(CN2CCN(C(=O)C3COCCN3)CC2)c1. The summed E-state index contributed by atoms with van der Waals surface area (Å²) in [7, 11) is 0. The quantitative estimate of drug-likeness (QED) is 0.889. The van der Waals surface area contributed by atoms with Gasteiger partial charge in [0.25, 0.3) is 0 Å². The molecule has 1 atom stereocenters. The second kappa shape index (κ2) is 7.22. The summed E-state index contributed by atoms with van der Waals surface area (Å²) in [6.07, 6.45) is 0. The third-order valence-corrected chi connectivity index (χ3v) is 4.39. The van der Waals surface area contributed by atoms with E-state index in [9.17, 15) is 4.79 Å². The number of morpholine rings is 1. The Bertz CT molecular complexity index is 506. The molecular formula is C17H25N3O2. The van der Waals surface area contributed by atoms with Crippen LogP contribution in [-0.4, -0.2) is 67.7 Å². The van der Waals surface area contributed by atoms with E-state index in [1.54, 1.807) is 0 Å². The predicted octanol–water partition coefficient (Wildman–Crippen LogP) is 0.628. The first-order valence-electron chi connectivity index (χ1n) is 8.10. The van der Waals surface area contributed by atoms with Gasteiger partial charge in [0.2, 0.25) is 5.91 Å². The highest BCUT2D eigenvalue weighted by Crippen LogP contribution is 2.11. The highest BCUT2D eigenvalue weighted by molar-refractivity contribution is 5.82. The van der Waals surface area contributed by atoms with Crippen LogP contribution in [0.2, 0.25) is 0 Å². The molecule has 2 heterocycles. The standard InChI is InChI=1S/C17H25N3O2/c1-14-3-2-4-15(11-14)12-19-6-8-20(9-7-19)17(21)16-13-22-10-5-18-16/h2-4,11,16,18H,5-10,12-13H2,1H3. The Hall–Kier alpha value is -1.43. The number of ether oxygens (including phenoxy) is 1. The van der Waals surface area contributed by atoms with E-state index in [2.05, 4.69) is 41.4 Å². The van der Waals surface area contributed by atoms with Crippen LogP contribution in [0.25, 0.3) is 0 Å². The first-order valence-corrected chi connectivity index (χ1v) is 8.10. The lowest BCUT2D eigenvalue weighted by Gasteiger charge is -2.37. The Morgan fingerprint density at radius 3 is 2.82 bits per heavy atom. The van der Waals surface area contributed by atoms with Gasteiger partial charge in [0, 0.05) is 39.3 Å². The van der Waals surface area contributed by atoms with Crippen LogP contribution in [0.4, 0.5) is 0 Å². The zero-order valence-corrected chi connectivity index (χ0v) is 13.3. The fourth-order valence-corrected chi connectivity index (χ4v) is 3.14. The fourth-order valence-electron chi connectivity index (χ4n) is 3.14. The van der Waals surface area contributed by atoms with Crippen LogP contribution in [0.15, 0.2) is 24.3 Å². The molecule has 3 rings (SSSR count). The van der Waals surface area contributed by atoms with Gasteiger partial charge < -0.3 is 15.0 Å². The Morgan fingerprint density at radius 1 is 1.32 bits per heavy atom. The van der Waals surface area contributed by atoms with Gasteiger partial charge in [0.05, 0.1) is 13.2 Å². The number of nitrogens with one attached hydrogen (secondary N) is 1. The van der Waals surface area contributed by atoms with E-state index in [4.69, 9.17) is 4.74 Å². The number of benzene rings is 1. The third-order valence-electron chi connectivity index (χ3n) is 4.39. The summed E-state index contributed by atoms with van der Waals surface area (Å²) in [5.41, 5.74) is 2.65. The number of hydrogen-bond acceptors (Lipinski definition) is 4. The summed E-state index contributed by atoms with van der Waals surface area (Å²) in [6, 6.07) is 8.49. The second-order valence-electron chi connectivity index (χ2n) is 6.17. The molecule has 120 valence electrons. The van der Waals surface area contributed by atoms with Crippen molar-refractivity contribution in [3.8, 4) is 0 Å². The average molecular weight is 303 g/mol. The summed E-state index contributed by atoms with van der Waals surface area (Å²) in [5, 5.41) is 3.24. The van der Waals surface area contributed by atoms with Gasteiger partial charge in [-0.1, -0.05) is 29.8 Å². The number of carbonyl (C=O) groups excluding carboxylic acids is 1. The third kappa shape index (κ3) is 3.85. The van der Waals surface area contributed by atoms with Gasteiger partial charge in [0.1, 0.15) is 6.04 Å². The van der Waals surface area contributed by atoms with Crippen LogP contribution in [0, 0.1) is 6.92 Å². The zero-order valence-electron chi connectivity index (χ0n) is 13.3. The summed E-state index contributed by atoms with van der Waals surface area (Å²) in [5.74, 6) is 0.190. The van der Waals surface area contributed by atoms with Gasteiger partial charge in [0.15, 0.2) is 0 Å². The second-order valence-corrected chi connectivity index (χ2v) is 6.17. The van der Waals surface area contributed by atoms with Crippen molar-refractivity contribution in [2.75, 3.05) is 45.9 Å². The van der Waals surface area contributed by atoms with E-state index in [1.807, 2.05) is 4.90 Å². The Balaban J connectivity index is 1.48. The lowest BCUT2D eigenvalue weighted by atomic mass is 10.1. The number of hydrogen-bond donors (Lipinski definition) is 1. The highest BCUT2D eigenvalue weighted by Gasteiger charge is 2.28. The molecule has 0 spiro atoms. The summed E-state index contributed by atoms with van der Waals surface area (Å²) in [6.45, 7) is 8.56. The maximum absolute atomic E-state index is 12.4. The molecule has 1 unspecified atom stereocenters. The van der Waals surface area contributed by atoms with Crippen LogP contribution in [0.3, 0.4) is 0 Å². The fraction of sp³-hybridized carbons (Fsp3) is 0.588. The molecule has 1 aromatic carbocycles. The molecule has 1 N–H and O–H groups in total. The minimum atomic E-state index is -0.155. The Labute approximate surface area is 132 Å². The van der Waals surface area contributed by atoms with Crippen molar-refractivity contribution in [3.63, 3.8) is 0 Å². The molecule has 2 fully saturated rings. The lowest BCUT2D eigenvalue weighted by molar-refractivity contribution is -0.138. The molecule has 0 saturated carbocycles. The van der Waals surface area contributed by atoms with Crippen molar-refractivity contribution in [1.82, 2.24) is 15.1 Å². The molecule has 5 heteroatoms. The van der Waals surface area contributed by atoms with E-state index in [1.165, 1.54) is 11.1 Å². The van der Waals surface area contributed by atoms with Crippen LogP contribution in [-0.2, 0) is 16.1 Å². The summed E-state index contributed by atoms with van der Waals surface area (Å²) >= 11 is 0. The first-order chi connectivity index (χ1) is 10.7. The summed E-state index contributed by atoms with van der Waals surface area (Å²) < 4.78 is 5.38. The van der Waals surface area contributed by atoms with Crippen molar-refractivity contribution in [1.29, 1.82) is 0 Å². The maximum Gasteiger partial charge on any atom is 0.242 e. The number of nitrogens with zero attached hydrogens (tertiary/aromatic N) is 2. The van der Waals surface area contributed by atoms with Gasteiger partial charge in [-0.05, 0) is 12.5 Å². The predicted molar refractivity (Wildman–Crippen MR) is 85.6 cm³/mol. The van der Waals surface area contributed by atoms with E-state index < -0.39 is 0 Å². The number of aryl methyl sites for hydroxylation is 1. The minimum Gasteiger partial charge on any atom is -0.378 e. The average Bonchev–Trinajstić information content (AvgIpc) is 2.56. The molecule has 2 aliphatic rings. The normalized spacial score (nSPS) is 23.5. The van der Waals surface area contributed by atoms with Gasteiger partial charge in [-0.25, -0.2) is 0 Å².